The molecule has 1 aliphatic carbocycles. The topological polar surface area (TPSA) is 131 Å². The van der Waals surface area contributed by atoms with E-state index in [0.29, 0.717) is 35.1 Å². The Bertz CT molecular complexity index is 1980. The number of anilines is 2. The number of amides is 2. The Morgan fingerprint density at radius 2 is 1.80 bits per heavy atom. The number of urea groups is 1. The van der Waals surface area contributed by atoms with E-state index in [1.165, 1.54) is 6.42 Å². The lowest BCUT2D eigenvalue weighted by Gasteiger charge is -2.32. The van der Waals surface area contributed by atoms with Gasteiger partial charge in [0.2, 0.25) is 5.95 Å². The molecule has 0 saturated carbocycles. The van der Waals surface area contributed by atoms with Crippen molar-refractivity contribution in [1.29, 1.82) is 0 Å². The van der Waals surface area contributed by atoms with Crippen LogP contribution in [0.25, 0.3) is 11.3 Å². The number of carbonyl (C=O) groups excluding carboxylic acids is 1. The van der Waals surface area contributed by atoms with Gasteiger partial charge in [0.25, 0.3) is 0 Å². The average Bonchev–Trinajstić information content (AvgIpc) is 3.74. The normalized spacial score (nSPS) is 17.7. The number of pyridine rings is 1. The number of aromatic nitrogens is 5. The monoisotopic (exact) mass is 698 g/mol. The summed E-state index contributed by atoms with van der Waals surface area (Å²) in [5, 5.41) is 29.6. The molecule has 2 aromatic carbocycles. The maximum atomic E-state index is 13.6. The summed E-state index contributed by atoms with van der Waals surface area (Å²) < 4.78 is 15.9. The third-order valence-corrected chi connectivity index (χ3v) is 9.56. The van der Waals surface area contributed by atoms with Gasteiger partial charge in [0, 0.05) is 30.6 Å². The van der Waals surface area contributed by atoms with Crippen LogP contribution in [0.3, 0.4) is 0 Å². The standard InChI is InChI=1S/C37H43ClN8O4/c1-37(2,3)32-22-34(46(43-32)24-11-13-28(38)31(21-24)49-20-19-47)40-35(48)39-29-14-15-30(27-10-6-5-9-26(27)29)50-25-12-16-33-41-42-36(45(33)23-25)44-17-7-4-8-18-44/h5-6,9-13,16,21-23,29-30,47H,4,7-8,14-15,17-20H2,1-3H3,(H2,39,40,48). The molecule has 50 heavy (non-hydrogen) atoms. The number of aliphatic hydroxyl groups is 1. The zero-order valence-corrected chi connectivity index (χ0v) is 29.4. The number of nitrogens with one attached hydrogen (secondary N) is 2. The molecule has 262 valence electrons. The van der Waals surface area contributed by atoms with Crippen molar-refractivity contribution in [1.82, 2.24) is 29.7 Å². The fraction of sp³-hybridized carbons (Fsp3) is 0.405. The molecule has 2 amide bonds. The van der Waals surface area contributed by atoms with Gasteiger partial charge < -0.3 is 24.8 Å². The van der Waals surface area contributed by atoms with Gasteiger partial charge in [-0.25, -0.2) is 9.48 Å². The Labute approximate surface area is 296 Å². The number of benzene rings is 2. The molecule has 0 radical (unpaired) electrons. The second kappa shape index (κ2) is 14.2. The number of halogens is 1. The minimum Gasteiger partial charge on any atom is -0.490 e. The van der Waals surface area contributed by atoms with Crippen molar-refractivity contribution < 1.29 is 19.4 Å². The summed E-state index contributed by atoms with van der Waals surface area (Å²) in [4.78, 5) is 15.9. The molecule has 5 aromatic rings. The number of rotatable bonds is 9. The number of piperidine rings is 1. The number of hydrogen-bond donors (Lipinski definition) is 3. The second-order valence-electron chi connectivity index (χ2n) is 13.9. The summed E-state index contributed by atoms with van der Waals surface area (Å²) in [6.07, 6.45) is 6.77. The molecule has 12 nitrogen and oxygen atoms in total. The van der Waals surface area contributed by atoms with E-state index in [1.807, 2.05) is 47.0 Å². The van der Waals surface area contributed by atoms with Crippen molar-refractivity contribution in [2.75, 3.05) is 36.5 Å². The van der Waals surface area contributed by atoms with Gasteiger partial charge in [-0.15, -0.1) is 10.2 Å². The van der Waals surface area contributed by atoms with E-state index in [4.69, 9.17) is 26.2 Å². The van der Waals surface area contributed by atoms with E-state index < -0.39 is 0 Å². The largest absolute Gasteiger partial charge is 0.490 e. The van der Waals surface area contributed by atoms with Crippen LogP contribution in [0.15, 0.2) is 66.9 Å². The number of carbonyl (C=O) groups is 1. The maximum absolute atomic E-state index is 13.6. The third kappa shape index (κ3) is 7.08. The predicted molar refractivity (Wildman–Crippen MR) is 193 cm³/mol. The van der Waals surface area contributed by atoms with Crippen LogP contribution >= 0.6 is 11.6 Å². The van der Waals surface area contributed by atoms with Gasteiger partial charge in [-0.05, 0) is 67.5 Å². The first-order chi connectivity index (χ1) is 24.2. The Morgan fingerprint density at radius 1 is 1.00 bits per heavy atom. The number of aliphatic hydroxyl groups excluding tert-OH is 1. The number of nitrogens with zero attached hydrogens (tertiary/aromatic N) is 6. The van der Waals surface area contributed by atoms with E-state index >= 15 is 0 Å². The van der Waals surface area contributed by atoms with Crippen LogP contribution in [0.4, 0.5) is 16.6 Å². The summed E-state index contributed by atoms with van der Waals surface area (Å²) >= 11 is 6.35. The SMILES string of the molecule is CC(C)(C)c1cc(NC(=O)NC2CCC(Oc3ccc4nnc(N5CCCCC5)n4c3)c3ccccc32)n(-c2ccc(Cl)c(OCCO)c2)n1. The van der Waals surface area contributed by atoms with Crippen LogP contribution in [0.1, 0.15) is 81.8 Å². The van der Waals surface area contributed by atoms with Gasteiger partial charge in [0.1, 0.15) is 30.0 Å². The number of ether oxygens (including phenoxy) is 2. The van der Waals surface area contributed by atoms with Crippen molar-refractivity contribution in [3.8, 4) is 17.2 Å². The molecule has 1 saturated heterocycles. The van der Waals surface area contributed by atoms with Gasteiger partial charge >= 0.3 is 6.03 Å². The highest BCUT2D eigenvalue weighted by atomic mass is 35.5. The van der Waals surface area contributed by atoms with Crippen molar-refractivity contribution in [2.24, 2.45) is 0 Å². The Morgan fingerprint density at radius 3 is 2.58 bits per heavy atom. The highest BCUT2D eigenvalue weighted by Gasteiger charge is 2.30. The molecule has 2 aliphatic rings. The van der Waals surface area contributed by atoms with Gasteiger partial charge in [0.15, 0.2) is 5.65 Å². The molecular weight excluding hydrogens is 656 g/mol. The Kier molecular flexibility index (Phi) is 9.56. The first kappa shape index (κ1) is 33.7. The minimum atomic E-state index is -0.347. The van der Waals surface area contributed by atoms with Crippen molar-refractivity contribution >= 4 is 35.0 Å². The van der Waals surface area contributed by atoms with Crippen LogP contribution < -0.4 is 25.0 Å². The molecular formula is C37H43ClN8O4. The maximum Gasteiger partial charge on any atom is 0.320 e. The lowest BCUT2D eigenvalue weighted by molar-refractivity contribution is 0.171. The van der Waals surface area contributed by atoms with Crippen molar-refractivity contribution in [2.45, 2.75) is 70.4 Å². The fourth-order valence-corrected chi connectivity index (χ4v) is 6.83. The van der Waals surface area contributed by atoms with E-state index in [-0.39, 0.29) is 36.8 Å². The van der Waals surface area contributed by atoms with Crippen molar-refractivity contribution in [3.05, 3.63) is 88.7 Å². The average molecular weight is 699 g/mol. The molecule has 2 unspecified atom stereocenters. The summed E-state index contributed by atoms with van der Waals surface area (Å²) in [7, 11) is 0. The summed E-state index contributed by atoms with van der Waals surface area (Å²) in [6, 6.07) is 18.6. The van der Waals surface area contributed by atoms with Crippen LogP contribution in [-0.4, -0.2) is 61.8 Å². The van der Waals surface area contributed by atoms with Gasteiger partial charge in [-0.1, -0.05) is 56.6 Å². The lowest BCUT2D eigenvalue weighted by atomic mass is 9.85. The smallest absolute Gasteiger partial charge is 0.320 e. The zero-order valence-electron chi connectivity index (χ0n) is 28.6. The van der Waals surface area contributed by atoms with Crippen LogP contribution in [0, 0.1) is 0 Å². The van der Waals surface area contributed by atoms with Crippen molar-refractivity contribution in [3.63, 3.8) is 0 Å². The van der Waals surface area contributed by atoms with E-state index in [1.54, 1.807) is 16.8 Å². The highest BCUT2D eigenvalue weighted by Crippen LogP contribution is 2.39. The third-order valence-electron chi connectivity index (χ3n) is 9.24. The predicted octanol–water partition coefficient (Wildman–Crippen LogP) is 7.00. The molecule has 0 bridgehead atoms. The summed E-state index contributed by atoms with van der Waals surface area (Å²) in [6.45, 7) is 8.12. The molecule has 2 atom stereocenters. The second-order valence-corrected chi connectivity index (χ2v) is 14.3. The van der Waals surface area contributed by atoms with E-state index in [9.17, 15) is 9.90 Å². The molecule has 1 aliphatic heterocycles. The molecule has 4 heterocycles. The molecule has 3 aromatic heterocycles. The summed E-state index contributed by atoms with van der Waals surface area (Å²) in [5.74, 6) is 2.52. The highest BCUT2D eigenvalue weighted by molar-refractivity contribution is 6.32. The number of fused-ring (bicyclic) bond motifs is 2. The molecule has 3 N–H and O–H groups in total. The van der Waals surface area contributed by atoms with E-state index in [0.717, 1.165) is 60.1 Å². The Balaban J connectivity index is 1.09. The lowest BCUT2D eigenvalue weighted by Crippen LogP contribution is -2.36. The Hall–Kier alpha value is -4.81. The van der Waals surface area contributed by atoms with Crippen LogP contribution in [0.5, 0.6) is 11.5 Å². The van der Waals surface area contributed by atoms with Gasteiger partial charge in [-0.2, -0.15) is 5.10 Å². The molecule has 0 spiro atoms. The molecule has 1 fully saturated rings. The molecule has 7 rings (SSSR count). The van der Waals surface area contributed by atoms with Crippen LogP contribution in [-0.2, 0) is 5.41 Å². The first-order valence-corrected chi connectivity index (χ1v) is 17.6. The van der Waals surface area contributed by atoms with Gasteiger partial charge in [-0.3, -0.25) is 9.72 Å². The van der Waals surface area contributed by atoms with Gasteiger partial charge in [0.05, 0.1) is 35.2 Å². The fourth-order valence-electron chi connectivity index (χ4n) is 6.66. The number of hydrogen-bond acceptors (Lipinski definition) is 8. The minimum absolute atomic E-state index is 0.106. The van der Waals surface area contributed by atoms with Crippen LogP contribution in [0.2, 0.25) is 5.02 Å². The first-order valence-electron chi connectivity index (χ1n) is 17.2. The zero-order chi connectivity index (χ0) is 34.8. The van der Waals surface area contributed by atoms with E-state index in [2.05, 4.69) is 58.6 Å². The summed E-state index contributed by atoms with van der Waals surface area (Å²) in [5.41, 5.74) is 4.04. The quantitative estimate of drug-likeness (QED) is 0.150. The molecule has 13 heteroatoms.